The Morgan fingerprint density at radius 2 is 1.87 bits per heavy atom. The average molecular weight is 426 g/mol. The number of carbonyl (C=O) groups excluding carboxylic acids is 1. The minimum Gasteiger partial charge on any atom is -0.480 e. The Bertz CT molecular complexity index is 1130. The van der Waals surface area contributed by atoms with Gasteiger partial charge in [0.05, 0.1) is 25.1 Å². The van der Waals surface area contributed by atoms with Crippen LogP contribution in [0.3, 0.4) is 0 Å². The van der Waals surface area contributed by atoms with Crippen molar-refractivity contribution in [3.8, 4) is 5.75 Å². The van der Waals surface area contributed by atoms with E-state index in [9.17, 15) is 9.59 Å². The number of nitrogens with one attached hydrogen (secondary N) is 2. The number of carbonyl (C=O) groups is 1. The van der Waals surface area contributed by atoms with E-state index in [1.54, 1.807) is 13.0 Å². The Hall–Kier alpha value is -2.90. The summed E-state index contributed by atoms with van der Waals surface area (Å²) in [6.45, 7) is 8.89. The van der Waals surface area contributed by atoms with Crippen LogP contribution in [0.1, 0.15) is 18.9 Å². The van der Waals surface area contributed by atoms with Crippen molar-refractivity contribution in [3.63, 3.8) is 0 Å². The highest BCUT2D eigenvalue weighted by molar-refractivity contribution is 6.05. The summed E-state index contributed by atoms with van der Waals surface area (Å²) in [6.07, 6.45) is 0.264. The third kappa shape index (κ3) is 4.73. The Kier molecular flexibility index (Phi) is 6.53. The van der Waals surface area contributed by atoms with Crippen molar-refractivity contribution in [1.29, 1.82) is 0 Å². The van der Waals surface area contributed by atoms with E-state index in [0.717, 1.165) is 50.0 Å². The first-order chi connectivity index (χ1) is 15.0. The molecule has 3 aromatic rings. The van der Waals surface area contributed by atoms with Gasteiger partial charge < -0.3 is 24.1 Å². The molecular weight excluding hydrogens is 396 g/mol. The predicted octanol–water partition coefficient (Wildman–Crippen LogP) is 1.44. The molecule has 1 fully saturated rings. The molecule has 2 heterocycles. The van der Waals surface area contributed by atoms with Crippen LogP contribution in [0.5, 0.6) is 5.75 Å². The van der Waals surface area contributed by atoms with E-state index >= 15 is 0 Å². The molecule has 0 spiro atoms. The molecule has 1 aliphatic heterocycles. The molecule has 7 nitrogen and oxygen atoms in total. The molecule has 0 bridgehead atoms. The molecule has 0 saturated carbocycles. The van der Waals surface area contributed by atoms with Crippen LogP contribution in [0.4, 0.5) is 0 Å². The van der Waals surface area contributed by atoms with Gasteiger partial charge in [-0.2, -0.15) is 0 Å². The lowest BCUT2D eigenvalue weighted by Gasteiger charge is -2.23. The highest BCUT2D eigenvalue weighted by Crippen LogP contribution is 2.31. The van der Waals surface area contributed by atoms with Gasteiger partial charge in [-0.15, -0.1) is 0 Å². The van der Waals surface area contributed by atoms with Gasteiger partial charge in [0, 0.05) is 23.9 Å². The second kappa shape index (κ2) is 9.49. The van der Waals surface area contributed by atoms with Crippen molar-refractivity contribution >= 4 is 27.6 Å². The van der Waals surface area contributed by atoms with Crippen molar-refractivity contribution in [3.05, 3.63) is 52.4 Å². The van der Waals surface area contributed by atoms with Crippen molar-refractivity contribution in [2.24, 2.45) is 0 Å². The number of ether oxygens (including phenoxy) is 2. The van der Waals surface area contributed by atoms with E-state index in [4.69, 9.17) is 13.9 Å². The van der Waals surface area contributed by atoms with E-state index in [1.165, 1.54) is 4.90 Å². The van der Waals surface area contributed by atoms with Crippen LogP contribution in [0, 0.1) is 6.92 Å². The normalized spacial score (nSPS) is 15.8. The van der Waals surface area contributed by atoms with Gasteiger partial charge in [-0.3, -0.25) is 4.79 Å². The van der Waals surface area contributed by atoms with Crippen LogP contribution < -0.4 is 20.6 Å². The molecule has 0 aliphatic carbocycles. The van der Waals surface area contributed by atoms with E-state index in [1.807, 2.05) is 37.3 Å². The maximum atomic E-state index is 12.5. The lowest BCUT2D eigenvalue weighted by atomic mass is 10.0. The first-order valence-corrected chi connectivity index (χ1v) is 10.9. The fourth-order valence-electron chi connectivity index (χ4n) is 4.04. The topological polar surface area (TPSA) is 82.2 Å². The summed E-state index contributed by atoms with van der Waals surface area (Å²) in [5.74, 6) is 0.378. The van der Waals surface area contributed by atoms with Gasteiger partial charge >= 0.3 is 5.63 Å². The zero-order chi connectivity index (χ0) is 21.8. The lowest BCUT2D eigenvalue weighted by Crippen LogP contribution is -3.14. The van der Waals surface area contributed by atoms with Gasteiger partial charge in [-0.1, -0.05) is 18.2 Å². The quantitative estimate of drug-likeness (QED) is 0.340. The molecule has 1 saturated heterocycles. The van der Waals surface area contributed by atoms with Gasteiger partial charge in [-0.25, -0.2) is 4.79 Å². The van der Waals surface area contributed by atoms with Crippen molar-refractivity contribution in [2.45, 2.75) is 26.4 Å². The minimum atomic E-state index is -0.654. The highest BCUT2D eigenvalue weighted by Gasteiger charge is 2.19. The number of benzene rings is 2. The minimum absolute atomic E-state index is 0.156. The predicted molar refractivity (Wildman–Crippen MR) is 119 cm³/mol. The van der Waals surface area contributed by atoms with Crippen molar-refractivity contribution < 1.29 is 23.6 Å². The number of hydrogen-bond acceptors (Lipinski definition) is 5. The van der Waals surface area contributed by atoms with Gasteiger partial charge in [-0.05, 0) is 37.4 Å². The number of fused-ring (bicyclic) bond motifs is 3. The number of aryl methyl sites for hydroxylation is 1. The molecule has 2 N–H and O–H groups in total. The zero-order valence-corrected chi connectivity index (χ0v) is 18.0. The van der Waals surface area contributed by atoms with Gasteiger partial charge in [0.25, 0.3) is 5.91 Å². The van der Waals surface area contributed by atoms with Crippen molar-refractivity contribution in [1.82, 2.24) is 5.32 Å². The summed E-state index contributed by atoms with van der Waals surface area (Å²) in [4.78, 5) is 26.4. The molecule has 2 aromatic carbocycles. The van der Waals surface area contributed by atoms with E-state index < -0.39 is 6.10 Å². The lowest BCUT2D eigenvalue weighted by molar-refractivity contribution is -0.908. The fraction of sp³-hybridized carbons (Fsp3) is 0.417. The van der Waals surface area contributed by atoms with Gasteiger partial charge in [0.2, 0.25) is 0 Å². The highest BCUT2D eigenvalue weighted by atomic mass is 16.5. The first kappa shape index (κ1) is 21.3. The third-order valence-electron chi connectivity index (χ3n) is 5.87. The summed E-state index contributed by atoms with van der Waals surface area (Å²) in [5.41, 5.74) is 0.815. The molecule has 0 radical (unpaired) electrons. The molecule has 1 aromatic heterocycles. The molecule has 7 heteroatoms. The first-order valence-electron chi connectivity index (χ1n) is 10.9. The maximum absolute atomic E-state index is 12.5. The Labute approximate surface area is 180 Å². The molecule has 1 amide bonds. The number of amides is 1. The van der Waals surface area contributed by atoms with E-state index in [2.05, 4.69) is 5.32 Å². The van der Waals surface area contributed by atoms with E-state index in [0.29, 0.717) is 28.8 Å². The second-order valence-electron chi connectivity index (χ2n) is 8.02. The summed E-state index contributed by atoms with van der Waals surface area (Å²) in [7, 11) is 0. The number of morpholine rings is 1. The molecule has 0 unspecified atom stereocenters. The number of rotatable bonds is 7. The molecule has 1 aliphatic rings. The molecular formula is C24H29N2O5+. The van der Waals surface area contributed by atoms with Gasteiger partial charge in [0.1, 0.15) is 24.4 Å². The molecule has 1 atom stereocenters. The maximum Gasteiger partial charge on any atom is 0.344 e. The summed E-state index contributed by atoms with van der Waals surface area (Å²) >= 11 is 0. The standard InChI is InChI=1S/C24H28N2O5/c1-16-21(9-8-19-18-6-3-4-7-20(18)24(28)31-22(16)19)30-17(2)23(27)25-10-5-11-26-12-14-29-15-13-26/h3-4,6-9,17H,5,10-15H2,1-2H3,(H,25,27)/p+1/t17-/m0/s1. The average Bonchev–Trinajstić information content (AvgIpc) is 2.79. The fourth-order valence-corrected chi connectivity index (χ4v) is 4.04. The largest absolute Gasteiger partial charge is 0.480 e. The zero-order valence-electron chi connectivity index (χ0n) is 18.0. The SMILES string of the molecule is Cc1c(O[C@@H](C)C(=O)NCCC[NH+]2CCOCC2)ccc2c1oc(=O)c1ccccc12. The summed E-state index contributed by atoms with van der Waals surface area (Å²) < 4.78 is 16.9. The third-order valence-corrected chi connectivity index (χ3v) is 5.87. The van der Waals surface area contributed by atoms with Crippen LogP contribution in [0.15, 0.2) is 45.6 Å². The monoisotopic (exact) mass is 425 g/mol. The van der Waals surface area contributed by atoms with E-state index in [-0.39, 0.29) is 11.5 Å². The molecule has 31 heavy (non-hydrogen) atoms. The van der Waals surface area contributed by atoms with Crippen LogP contribution in [0.25, 0.3) is 21.7 Å². The van der Waals surface area contributed by atoms with Crippen LogP contribution in [0.2, 0.25) is 0 Å². The molecule has 4 rings (SSSR count). The Morgan fingerprint density at radius 1 is 1.13 bits per heavy atom. The van der Waals surface area contributed by atoms with Crippen LogP contribution >= 0.6 is 0 Å². The Morgan fingerprint density at radius 3 is 2.65 bits per heavy atom. The van der Waals surface area contributed by atoms with Crippen LogP contribution in [-0.4, -0.2) is 51.4 Å². The number of hydrogen-bond donors (Lipinski definition) is 2. The second-order valence-corrected chi connectivity index (χ2v) is 8.02. The summed E-state index contributed by atoms with van der Waals surface area (Å²) in [6, 6.07) is 11.1. The molecule has 164 valence electrons. The smallest absolute Gasteiger partial charge is 0.344 e. The van der Waals surface area contributed by atoms with Crippen LogP contribution in [-0.2, 0) is 9.53 Å². The Balaban J connectivity index is 1.40. The number of quaternary nitrogens is 1. The summed E-state index contributed by atoms with van der Waals surface area (Å²) in [5, 5.41) is 5.19. The van der Waals surface area contributed by atoms with Gasteiger partial charge in [0.15, 0.2) is 6.10 Å². The van der Waals surface area contributed by atoms with Crippen molar-refractivity contribution in [2.75, 3.05) is 39.4 Å².